The summed E-state index contributed by atoms with van der Waals surface area (Å²) in [6, 6.07) is 11.9. The summed E-state index contributed by atoms with van der Waals surface area (Å²) in [5, 5.41) is 2.98. The molecule has 0 saturated heterocycles. The SMILES string of the molecule is O=C(CN1CCCc2ccccc21)Nc1cc2c(cc1Br)OCCO2. The van der Waals surface area contributed by atoms with E-state index in [-0.39, 0.29) is 5.91 Å². The number of ether oxygens (including phenoxy) is 2. The largest absolute Gasteiger partial charge is 0.486 e. The van der Waals surface area contributed by atoms with Gasteiger partial charge in [-0.25, -0.2) is 0 Å². The van der Waals surface area contributed by atoms with Gasteiger partial charge in [-0.15, -0.1) is 0 Å². The normalized spacial score (nSPS) is 15.5. The van der Waals surface area contributed by atoms with Crippen molar-refractivity contribution in [3.8, 4) is 11.5 Å². The Balaban J connectivity index is 1.48. The standard InChI is InChI=1S/C19H19BrN2O3/c20-14-10-17-18(25-9-8-24-17)11-15(14)21-19(23)12-22-7-3-5-13-4-1-2-6-16(13)22/h1-2,4,6,10-11H,3,5,7-9,12H2,(H,21,23). The Morgan fingerprint density at radius 2 is 1.92 bits per heavy atom. The summed E-state index contributed by atoms with van der Waals surface area (Å²) in [6.07, 6.45) is 2.14. The molecular weight excluding hydrogens is 384 g/mol. The lowest BCUT2D eigenvalue weighted by Crippen LogP contribution is -2.36. The number of halogens is 1. The molecule has 0 spiro atoms. The van der Waals surface area contributed by atoms with Crippen molar-refractivity contribution in [1.29, 1.82) is 0 Å². The lowest BCUT2D eigenvalue weighted by molar-refractivity contribution is -0.115. The van der Waals surface area contributed by atoms with Crippen LogP contribution in [0.5, 0.6) is 11.5 Å². The zero-order chi connectivity index (χ0) is 17.2. The second kappa shape index (κ2) is 6.96. The molecule has 6 heteroatoms. The fourth-order valence-electron chi connectivity index (χ4n) is 3.30. The summed E-state index contributed by atoms with van der Waals surface area (Å²) in [7, 11) is 0. The minimum absolute atomic E-state index is 0.0471. The van der Waals surface area contributed by atoms with E-state index >= 15 is 0 Å². The third-order valence-electron chi connectivity index (χ3n) is 4.45. The van der Waals surface area contributed by atoms with Gasteiger partial charge < -0.3 is 19.7 Å². The molecule has 0 radical (unpaired) electrons. The van der Waals surface area contributed by atoms with Crippen LogP contribution in [0.3, 0.4) is 0 Å². The van der Waals surface area contributed by atoms with E-state index in [0.29, 0.717) is 36.9 Å². The van der Waals surface area contributed by atoms with Crippen LogP contribution in [0, 0.1) is 0 Å². The highest BCUT2D eigenvalue weighted by Crippen LogP contribution is 2.38. The number of rotatable bonds is 3. The van der Waals surface area contributed by atoms with Crippen LogP contribution in [0.15, 0.2) is 40.9 Å². The molecule has 0 aliphatic carbocycles. The number of para-hydroxylation sites is 1. The molecule has 5 nitrogen and oxygen atoms in total. The average molecular weight is 403 g/mol. The maximum atomic E-state index is 12.6. The molecule has 2 aliphatic heterocycles. The van der Waals surface area contributed by atoms with Gasteiger partial charge in [-0.05, 0) is 40.4 Å². The molecule has 0 saturated carbocycles. The summed E-state index contributed by atoms with van der Waals surface area (Å²) >= 11 is 3.49. The first kappa shape index (κ1) is 16.3. The van der Waals surface area contributed by atoms with Crippen LogP contribution < -0.4 is 19.7 Å². The molecule has 0 bridgehead atoms. The highest BCUT2D eigenvalue weighted by Gasteiger charge is 2.20. The molecule has 1 amide bonds. The van der Waals surface area contributed by atoms with Crippen molar-refractivity contribution in [3.63, 3.8) is 0 Å². The van der Waals surface area contributed by atoms with Crippen molar-refractivity contribution in [3.05, 3.63) is 46.4 Å². The first-order valence-corrected chi connectivity index (χ1v) is 9.22. The Bertz CT molecular complexity index is 809. The fourth-order valence-corrected chi connectivity index (χ4v) is 3.72. The number of aryl methyl sites for hydroxylation is 1. The number of carbonyl (C=O) groups is 1. The van der Waals surface area contributed by atoms with Crippen LogP contribution in [0.2, 0.25) is 0 Å². The minimum atomic E-state index is -0.0471. The number of hydrogen-bond donors (Lipinski definition) is 1. The number of fused-ring (bicyclic) bond motifs is 2. The molecule has 2 aliphatic rings. The highest BCUT2D eigenvalue weighted by molar-refractivity contribution is 9.10. The van der Waals surface area contributed by atoms with E-state index in [1.807, 2.05) is 12.1 Å². The fraction of sp³-hybridized carbons (Fsp3) is 0.316. The van der Waals surface area contributed by atoms with E-state index in [1.165, 1.54) is 5.56 Å². The van der Waals surface area contributed by atoms with E-state index < -0.39 is 0 Å². The Morgan fingerprint density at radius 3 is 2.76 bits per heavy atom. The molecule has 25 heavy (non-hydrogen) atoms. The molecule has 0 unspecified atom stereocenters. The number of nitrogens with one attached hydrogen (secondary N) is 1. The summed E-state index contributed by atoms with van der Waals surface area (Å²) in [5.74, 6) is 1.31. The van der Waals surface area contributed by atoms with Crippen LogP contribution in [-0.2, 0) is 11.2 Å². The van der Waals surface area contributed by atoms with Gasteiger partial charge in [0.2, 0.25) is 5.91 Å². The van der Waals surface area contributed by atoms with Crippen molar-refractivity contribution < 1.29 is 14.3 Å². The van der Waals surface area contributed by atoms with Crippen LogP contribution in [0.25, 0.3) is 0 Å². The van der Waals surface area contributed by atoms with E-state index in [4.69, 9.17) is 9.47 Å². The third-order valence-corrected chi connectivity index (χ3v) is 5.10. The van der Waals surface area contributed by atoms with Crippen molar-refractivity contribution in [2.24, 2.45) is 0 Å². The molecule has 0 fully saturated rings. The Labute approximate surface area is 155 Å². The van der Waals surface area contributed by atoms with Crippen molar-refractivity contribution >= 4 is 33.2 Å². The van der Waals surface area contributed by atoms with Gasteiger partial charge in [0.25, 0.3) is 0 Å². The smallest absolute Gasteiger partial charge is 0.243 e. The Morgan fingerprint density at radius 1 is 1.16 bits per heavy atom. The quantitative estimate of drug-likeness (QED) is 0.851. The molecule has 4 rings (SSSR count). The average Bonchev–Trinajstić information content (AvgIpc) is 2.63. The minimum Gasteiger partial charge on any atom is -0.486 e. The van der Waals surface area contributed by atoms with Crippen LogP contribution in [-0.4, -0.2) is 32.2 Å². The third kappa shape index (κ3) is 3.44. The lowest BCUT2D eigenvalue weighted by Gasteiger charge is -2.30. The van der Waals surface area contributed by atoms with Crippen molar-refractivity contribution in [2.45, 2.75) is 12.8 Å². The molecule has 0 atom stereocenters. The number of carbonyl (C=O) groups excluding carboxylic acids is 1. The van der Waals surface area contributed by atoms with E-state index in [9.17, 15) is 4.79 Å². The van der Waals surface area contributed by atoms with Gasteiger partial charge in [0.05, 0.1) is 12.2 Å². The van der Waals surface area contributed by atoms with Gasteiger partial charge in [-0.2, -0.15) is 0 Å². The number of anilines is 2. The predicted octanol–water partition coefficient (Wildman–Crippen LogP) is 3.61. The van der Waals surface area contributed by atoms with Gasteiger partial charge in [-0.3, -0.25) is 4.79 Å². The van der Waals surface area contributed by atoms with Crippen molar-refractivity contribution in [1.82, 2.24) is 0 Å². The lowest BCUT2D eigenvalue weighted by atomic mass is 10.0. The maximum Gasteiger partial charge on any atom is 0.243 e. The zero-order valence-corrected chi connectivity index (χ0v) is 15.3. The molecular formula is C19H19BrN2O3. The monoisotopic (exact) mass is 402 g/mol. The summed E-state index contributed by atoms with van der Waals surface area (Å²) in [6.45, 7) is 2.29. The molecule has 130 valence electrons. The Kier molecular flexibility index (Phi) is 4.53. The van der Waals surface area contributed by atoms with E-state index in [1.54, 1.807) is 6.07 Å². The molecule has 2 aromatic carbocycles. The first-order chi connectivity index (χ1) is 12.2. The zero-order valence-electron chi connectivity index (χ0n) is 13.8. The van der Waals surface area contributed by atoms with Crippen LogP contribution >= 0.6 is 15.9 Å². The Hall–Kier alpha value is -2.21. The van der Waals surface area contributed by atoms with Crippen LogP contribution in [0.4, 0.5) is 11.4 Å². The highest BCUT2D eigenvalue weighted by atomic mass is 79.9. The molecule has 2 aromatic rings. The number of amides is 1. The van der Waals surface area contributed by atoms with Gasteiger partial charge >= 0.3 is 0 Å². The van der Waals surface area contributed by atoms with E-state index in [0.717, 1.165) is 29.5 Å². The van der Waals surface area contributed by atoms with Gasteiger partial charge in [0, 0.05) is 28.8 Å². The van der Waals surface area contributed by atoms with Gasteiger partial charge in [0.15, 0.2) is 11.5 Å². The van der Waals surface area contributed by atoms with E-state index in [2.05, 4.69) is 44.3 Å². The number of benzene rings is 2. The van der Waals surface area contributed by atoms with Crippen molar-refractivity contribution in [2.75, 3.05) is 36.5 Å². The summed E-state index contributed by atoms with van der Waals surface area (Å²) in [5.41, 5.74) is 3.16. The topological polar surface area (TPSA) is 50.8 Å². The number of nitrogens with zero attached hydrogens (tertiary/aromatic N) is 1. The molecule has 0 aromatic heterocycles. The summed E-state index contributed by atoms with van der Waals surface area (Å²) in [4.78, 5) is 14.7. The van der Waals surface area contributed by atoms with Gasteiger partial charge in [-0.1, -0.05) is 18.2 Å². The maximum absolute atomic E-state index is 12.6. The molecule has 1 N–H and O–H groups in total. The second-order valence-corrected chi connectivity index (χ2v) is 7.03. The number of hydrogen-bond acceptors (Lipinski definition) is 4. The molecule has 2 heterocycles. The summed E-state index contributed by atoms with van der Waals surface area (Å²) < 4.78 is 11.9. The second-order valence-electron chi connectivity index (χ2n) is 6.18. The predicted molar refractivity (Wildman–Crippen MR) is 101 cm³/mol. The van der Waals surface area contributed by atoms with Crippen LogP contribution in [0.1, 0.15) is 12.0 Å². The first-order valence-electron chi connectivity index (χ1n) is 8.42. The van der Waals surface area contributed by atoms with Gasteiger partial charge in [0.1, 0.15) is 13.2 Å².